The van der Waals surface area contributed by atoms with Crippen molar-refractivity contribution in [1.29, 1.82) is 0 Å². The van der Waals surface area contributed by atoms with Crippen LogP contribution in [0.15, 0.2) is 48.5 Å². The van der Waals surface area contributed by atoms with Gasteiger partial charge in [0, 0.05) is 19.5 Å². The van der Waals surface area contributed by atoms with Crippen LogP contribution in [0, 0.1) is 0 Å². The minimum atomic E-state index is -0.570. The fraction of sp³-hybridized carbons (Fsp3) is 0.481. The summed E-state index contributed by atoms with van der Waals surface area (Å²) in [5.74, 6) is 0.704. The number of anilines is 2. The van der Waals surface area contributed by atoms with E-state index in [1.807, 2.05) is 26.8 Å². The largest absolute Gasteiger partial charge is 0.444 e. The molecular formula is C27H36N2O3. The maximum Gasteiger partial charge on any atom is 0.412 e. The van der Waals surface area contributed by atoms with Crippen LogP contribution < -0.4 is 10.2 Å². The van der Waals surface area contributed by atoms with E-state index in [9.17, 15) is 9.59 Å². The van der Waals surface area contributed by atoms with Crippen LogP contribution in [0.5, 0.6) is 0 Å². The first kappa shape index (κ1) is 23.8. The number of benzene rings is 2. The molecule has 2 aromatic rings. The van der Waals surface area contributed by atoms with E-state index < -0.39 is 11.7 Å². The van der Waals surface area contributed by atoms with Crippen LogP contribution in [0.25, 0.3) is 0 Å². The van der Waals surface area contributed by atoms with Crippen LogP contribution in [0.2, 0.25) is 0 Å². The summed E-state index contributed by atoms with van der Waals surface area (Å²) < 4.78 is 5.51. The van der Waals surface area contributed by atoms with Crippen molar-refractivity contribution in [2.45, 2.75) is 70.8 Å². The van der Waals surface area contributed by atoms with Crippen molar-refractivity contribution in [3.8, 4) is 0 Å². The van der Waals surface area contributed by atoms with Gasteiger partial charge < -0.3 is 14.4 Å². The molecule has 1 aliphatic heterocycles. The molecule has 1 heterocycles. The molecular weight excluding hydrogens is 400 g/mol. The Kier molecular flexibility index (Phi) is 7.94. The summed E-state index contributed by atoms with van der Waals surface area (Å²) in [6, 6.07) is 16.9. The molecule has 172 valence electrons. The smallest absolute Gasteiger partial charge is 0.412 e. The van der Waals surface area contributed by atoms with E-state index >= 15 is 0 Å². The highest BCUT2D eigenvalue weighted by Gasteiger charge is 2.24. The van der Waals surface area contributed by atoms with Crippen molar-refractivity contribution >= 4 is 23.8 Å². The maximum atomic E-state index is 12.6. The van der Waals surface area contributed by atoms with Crippen molar-refractivity contribution in [2.75, 3.05) is 23.3 Å². The molecule has 1 aliphatic rings. The van der Waals surface area contributed by atoms with Crippen LogP contribution in [0.4, 0.5) is 16.2 Å². The first-order chi connectivity index (χ1) is 15.3. The second-order valence-corrected chi connectivity index (χ2v) is 9.58. The number of carbonyl (C=O) groups is 2. The molecule has 32 heavy (non-hydrogen) atoms. The van der Waals surface area contributed by atoms with Crippen LogP contribution in [0.1, 0.15) is 76.3 Å². The van der Waals surface area contributed by atoms with Crippen LogP contribution in [-0.4, -0.2) is 31.1 Å². The molecule has 1 N–H and O–H groups in total. The van der Waals surface area contributed by atoms with E-state index in [-0.39, 0.29) is 5.92 Å². The molecule has 1 saturated heterocycles. The minimum absolute atomic E-state index is 0.143. The summed E-state index contributed by atoms with van der Waals surface area (Å²) in [6.45, 7) is 9.50. The predicted octanol–water partition coefficient (Wildman–Crippen LogP) is 6.50. The number of hydrogen-bond acceptors (Lipinski definition) is 4. The normalized spacial score (nSPS) is 15.8. The standard InChI is InChI=1S/C27H36N2O3/c1-5-20(15-18-30)23-11-12-25(24(19-23)28-26(31)32-27(2,3)4)29-16-13-22(14-17-29)21-9-7-6-8-10-21/h6-12,18-20,22H,5,13-17H2,1-4H3,(H,28,31). The lowest BCUT2D eigenvalue weighted by Gasteiger charge is -2.35. The number of hydrogen-bond donors (Lipinski definition) is 1. The third kappa shape index (κ3) is 6.35. The molecule has 5 nitrogen and oxygen atoms in total. The summed E-state index contributed by atoms with van der Waals surface area (Å²) >= 11 is 0. The summed E-state index contributed by atoms with van der Waals surface area (Å²) in [7, 11) is 0. The lowest BCUT2D eigenvalue weighted by Crippen LogP contribution is -2.34. The van der Waals surface area contributed by atoms with Gasteiger partial charge in [-0.15, -0.1) is 0 Å². The zero-order valence-corrected chi connectivity index (χ0v) is 19.8. The molecule has 2 aromatic carbocycles. The number of carbonyl (C=O) groups excluding carboxylic acids is 2. The Labute approximate surface area is 192 Å². The second kappa shape index (κ2) is 10.7. The average Bonchev–Trinajstić information content (AvgIpc) is 2.77. The van der Waals surface area contributed by atoms with Gasteiger partial charge in [0.15, 0.2) is 0 Å². The molecule has 1 atom stereocenters. The number of piperidine rings is 1. The van der Waals surface area contributed by atoms with Crippen molar-refractivity contribution in [3.63, 3.8) is 0 Å². The quantitative estimate of drug-likeness (QED) is 0.503. The van der Waals surface area contributed by atoms with Gasteiger partial charge in [0.25, 0.3) is 0 Å². The summed E-state index contributed by atoms with van der Waals surface area (Å²) in [5.41, 5.74) is 3.65. The number of ether oxygens (including phenoxy) is 1. The highest BCUT2D eigenvalue weighted by atomic mass is 16.6. The second-order valence-electron chi connectivity index (χ2n) is 9.58. The Bertz CT molecular complexity index is 897. The van der Waals surface area contributed by atoms with Crippen molar-refractivity contribution in [2.24, 2.45) is 0 Å². The van der Waals surface area contributed by atoms with E-state index in [0.29, 0.717) is 12.3 Å². The molecule has 3 rings (SSSR count). The molecule has 1 amide bonds. The number of amides is 1. The van der Waals surface area contributed by atoms with Gasteiger partial charge in [-0.05, 0) is 75.1 Å². The van der Waals surface area contributed by atoms with Gasteiger partial charge in [-0.1, -0.05) is 43.3 Å². The van der Waals surface area contributed by atoms with Crippen molar-refractivity contribution < 1.29 is 14.3 Å². The molecule has 0 saturated carbocycles. The molecule has 0 bridgehead atoms. The van der Waals surface area contributed by atoms with Gasteiger partial charge in [-0.2, -0.15) is 0 Å². The molecule has 1 unspecified atom stereocenters. The molecule has 0 spiro atoms. The van der Waals surface area contributed by atoms with Crippen molar-refractivity contribution in [3.05, 3.63) is 59.7 Å². The van der Waals surface area contributed by atoms with Gasteiger partial charge in [-0.25, -0.2) is 4.79 Å². The Hall–Kier alpha value is -2.82. The highest BCUT2D eigenvalue weighted by molar-refractivity contribution is 5.90. The number of nitrogens with zero attached hydrogens (tertiary/aromatic N) is 1. The summed E-state index contributed by atoms with van der Waals surface area (Å²) in [5, 5.41) is 2.98. The Morgan fingerprint density at radius 2 is 1.84 bits per heavy atom. The Balaban J connectivity index is 1.82. The lowest BCUT2D eigenvalue weighted by atomic mass is 9.89. The first-order valence-corrected chi connectivity index (χ1v) is 11.7. The fourth-order valence-corrected chi connectivity index (χ4v) is 4.43. The van der Waals surface area contributed by atoms with Gasteiger partial charge in [0.05, 0.1) is 11.4 Å². The predicted molar refractivity (Wildman–Crippen MR) is 131 cm³/mol. The Morgan fingerprint density at radius 1 is 1.16 bits per heavy atom. The first-order valence-electron chi connectivity index (χ1n) is 11.7. The van der Waals surface area contributed by atoms with Gasteiger partial charge in [0.2, 0.25) is 0 Å². The van der Waals surface area contributed by atoms with E-state index in [2.05, 4.69) is 59.6 Å². The van der Waals surface area contributed by atoms with E-state index in [0.717, 1.165) is 55.6 Å². The lowest BCUT2D eigenvalue weighted by molar-refractivity contribution is -0.108. The SMILES string of the molecule is CCC(CC=O)c1ccc(N2CCC(c3ccccc3)CC2)c(NC(=O)OC(C)(C)C)c1. The summed E-state index contributed by atoms with van der Waals surface area (Å²) in [6.07, 6.45) is 3.99. The number of aldehydes is 1. The van der Waals surface area contributed by atoms with Crippen LogP contribution >= 0.6 is 0 Å². The third-order valence-electron chi connectivity index (χ3n) is 6.11. The molecule has 0 aromatic heterocycles. The van der Waals surface area contributed by atoms with Gasteiger partial charge in [-0.3, -0.25) is 5.32 Å². The fourth-order valence-electron chi connectivity index (χ4n) is 4.43. The monoisotopic (exact) mass is 436 g/mol. The highest BCUT2D eigenvalue weighted by Crippen LogP contribution is 2.36. The zero-order valence-electron chi connectivity index (χ0n) is 19.8. The van der Waals surface area contributed by atoms with Crippen LogP contribution in [0.3, 0.4) is 0 Å². The summed E-state index contributed by atoms with van der Waals surface area (Å²) in [4.78, 5) is 26.0. The molecule has 5 heteroatoms. The van der Waals surface area contributed by atoms with Crippen molar-refractivity contribution in [1.82, 2.24) is 0 Å². The molecule has 0 aliphatic carbocycles. The van der Waals surface area contributed by atoms with Gasteiger partial charge >= 0.3 is 6.09 Å². The minimum Gasteiger partial charge on any atom is -0.444 e. The number of rotatable bonds is 7. The maximum absolute atomic E-state index is 12.6. The van der Waals surface area contributed by atoms with E-state index in [1.165, 1.54) is 5.56 Å². The van der Waals surface area contributed by atoms with Gasteiger partial charge in [0.1, 0.15) is 11.9 Å². The van der Waals surface area contributed by atoms with Crippen LogP contribution in [-0.2, 0) is 9.53 Å². The topological polar surface area (TPSA) is 58.6 Å². The molecule has 0 radical (unpaired) electrons. The third-order valence-corrected chi connectivity index (χ3v) is 6.11. The zero-order chi connectivity index (χ0) is 23.1. The molecule has 1 fully saturated rings. The van der Waals surface area contributed by atoms with E-state index in [1.54, 1.807) is 0 Å². The Morgan fingerprint density at radius 3 is 2.44 bits per heavy atom. The average molecular weight is 437 g/mol. The van der Waals surface area contributed by atoms with E-state index in [4.69, 9.17) is 4.74 Å². The number of nitrogens with one attached hydrogen (secondary N) is 1.